The number of hydrogen-bond donors (Lipinski definition) is 1. The van der Waals surface area contributed by atoms with Gasteiger partial charge in [0.05, 0.1) is 0 Å². The van der Waals surface area contributed by atoms with Gasteiger partial charge in [-0.1, -0.05) is 25.7 Å². The number of nitrogens with zero attached hydrogens (tertiary/aromatic N) is 5. The van der Waals surface area contributed by atoms with Crippen LogP contribution < -0.4 is 5.32 Å². The van der Waals surface area contributed by atoms with E-state index in [2.05, 4.69) is 25.4 Å². The molecular formula is C14H18N6O. The summed E-state index contributed by atoms with van der Waals surface area (Å²) in [4.78, 5) is 24.0. The molecule has 0 aromatic carbocycles. The van der Waals surface area contributed by atoms with Crippen molar-refractivity contribution in [3.63, 3.8) is 0 Å². The third-order valence-corrected chi connectivity index (χ3v) is 3.83. The molecule has 2 aromatic rings. The molecule has 7 heteroatoms. The van der Waals surface area contributed by atoms with Gasteiger partial charge in [0.1, 0.15) is 24.8 Å². The van der Waals surface area contributed by atoms with E-state index >= 15 is 0 Å². The first-order chi connectivity index (χ1) is 10.3. The Bertz CT molecular complexity index is 591. The number of carbonyl (C=O) groups excluding carboxylic acids is 1. The van der Waals surface area contributed by atoms with Gasteiger partial charge in [-0.05, 0) is 12.3 Å². The summed E-state index contributed by atoms with van der Waals surface area (Å²) in [5, 5.41) is 6.81. The Morgan fingerprint density at radius 1 is 1.29 bits per heavy atom. The minimum absolute atomic E-state index is 0.00476. The van der Waals surface area contributed by atoms with E-state index in [9.17, 15) is 4.79 Å². The quantitative estimate of drug-likeness (QED) is 0.908. The number of carbonyl (C=O) groups is 1. The first kappa shape index (κ1) is 13.7. The predicted molar refractivity (Wildman–Crippen MR) is 76.8 cm³/mol. The predicted octanol–water partition coefficient (Wildman–Crippen LogP) is 1.97. The van der Waals surface area contributed by atoms with Crippen molar-refractivity contribution in [1.29, 1.82) is 0 Å². The SMILES string of the molecule is O=C(CCC1CCCC1)Nc1cc(-n2cncn2)ncn1. The fourth-order valence-electron chi connectivity index (χ4n) is 2.71. The second kappa shape index (κ2) is 6.43. The summed E-state index contributed by atoms with van der Waals surface area (Å²) < 4.78 is 1.52. The van der Waals surface area contributed by atoms with Gasteiger partial charge in [-0.3, -0.25) is 4.79 Å². The summed E-state index contributed by atoms with van der Waals surface area (Å²) in [6.45, 7) is 0. The Labute approximate surface area is 122 Å². The van der Waals surface area contributed by atoms with Crippen molar-refractivity contribution >= 4 is 11.7 Å². The number of hydrogen-bond acceptors (Lipinski definition) is 5. The fraction of sp³-hybridized carbons (Fsp3) is 0.500. The highest BCUT2D eigenvalue weighted by molar-refractivity contribution is 5.89. The molecule has 1 amide bonds. The topological polar surface area (TPSA) is 85.6 Å². The molecule has 21 heavy (non-hydrogen) atoms. The van der Waals surface area contributed by atoms with Crippen LogP contribution in [0.15, 0.2) is 25.0 Å². The van der Waals surface area contributed by atoms with Crippen LogP contribution in [-0.4, -0.2) is 30.6 Å². The van der Waals surface area contributed by atoms with Crippen molar-refractivity contribution in [3.8, 4) is 5.82 Å². The van der Waals surface area contributed by atoms with Crippen molar-refractivity contribution < 1.29 is 4.79 Å². The highest BCUT2D eigenvalue weighted by Crippen LogP contribution is 2.28. The van der Waals surface area contributed by atoms with Crippen molar-refractivity contribution in [2.45, 2.75) is 38.5 Å². The van der Waals surface area contributed by atoms with Crippen LogP contribution in [0, 0.1) is 5.92 Å². The number of anilines is 1. The molecule has 2 heterocycles. The molecule has 0 spiro atoms. The molecule has 0 atom stereocenters. The van der Waals surface area contributed by atoms with Crippen molar-refractivity contribution in [2.24, 2.45) is 5.92 Å². The van der Waals surface area contributed by atoms with Gasteiger partial charge < -0.3 is 5.32 Å². The summed E-state index contributed by atoms with van der Waals surface area (Å²) in [6, 6.07) is 1.68. The molecule has 3 rings (SSSR count). The minimum atomic E-state index is 0.00476. The molecule has 0 bridgehead atoms. The number of amides is 1. The zero-order chi connectivity index (χ0) is 14.5. The van der Waals surface area contributed by atoms with Crippen LogP contribution in [0.1, 0.15) is 38.5 Å². The zero-order valence-corrected chi connectivity index (χ0v) is 11.8. The van der Waals surface area contributed by atoms with Gasteiger partial charge in [0.15, 0.2) is 5.82 Å². The largest absolute Gasteiger partial charge is 0.311 e. The molecule has 0 aliphatic heterocycles. The second-order valence-electron chi connectivity index (χ2n) is 5.34. The van der Waals surface area contributed by atoms with E-state index in [-0.39, 0.29) is 5.91 Å². The minimum Gasteiger partial charge on any atom is -0.311 e. The molecule has 1 fully saturated rings. The average Bonchev–Trinajstić information content (AvgIpc) is 3.19. The van der Waals surface area contributed by atoms with E-state index in [1.54, 1.807) is 12.4 Å². The van der Waals surface area contributed by atoms with Crippen LogP contribution in [0.25, 0.3) is 5.82 Å². The Hall–Kier alpha value is -2.31. The van der Waals surface area contributed by atoms with Crippen LogP contribution >= 0.6 is 0 Å². The van der Waals surface area contributed by atoms with Crippen molar-refractivity contribution in [1.82, 2.24) is 24.7 Å². The van der Waals surface area contributed by atoms with Gasteiger partial charge in [-0.2, -0.15) is 5.10 Å². The Kier molecular flexibility index (Phi) is 4.18. The maximum absolute atomic E-state index is 12.0. The molecule has 0 unspecified atom stereocenters. The molecule has 7 nitrogen and oxygen atoms in total. The highest BCUT2D eigenvalue weighted by Gasteiger charge is 2.16. The second-order valence-corrected chi connectivity index (χ2v) is 5.34. The number of nitrogens with one attached hydrogen (secondary N) is 1. The van der Waals surface area contributed by atoms with Gasteiger partial charge in [-0.15, -0.1) is 0 Å². The van der Waals surface area contributed by atoms with Crippen molar-refractivity contribution in [3.05, 3.63) is 25.0 Å². The van der Waals surface area contributed by atoms with Gasteiger partial charge in [0, 0.05) is 12.5 Å². The average molecular weight is 286 g/mol. The van der Waals surface area contributed by atoms with E-state index in [4.69, 9.17) is 0 Å². The smallest absolute Gasteiger partial charge is 0.225 e. The molecule has 110 valence electrons. The molecule has 1 aliphatic rings. The third kappa shape index (κ3) is 3.62. The molecule has 1 aliphatic carbocycles. The Morgan fingerprint density at radius 2 is 2.14 bits per heavy atom. The van der Waals surface area contributed by atoms with E-state index in [0.717, 1.165) is 6.42 Å². The van der Waals surface area contributed by atoms with Crippen molar-refractivity contribution in [2.75, 3.05) is 5.32 Å². The standard InChI is InChI=1S/C14H18N6O/c21-14(6-5-11-3-1-2-4-11)19-12-7-13(17-9-16-12)20-10-15-8-18-20/h7-11H,1-6H2,(H,16,17,19,21). The van der Waals surface area contributed by atoms with E-state index in [0.29, 0.717) is 24.0 Å². The molecular weight excluding hydrogens is 268 g/mol. The normalized spacial score (nSPS) is 15.2. The first-order valence-electron chi connectivity index (χ1n) is 7.28. The van der Waals surface area contributed by atoms with Crippen LogP contribution in [0.5, 0.6) is 0 Å². The molecule has 1 saturated carbocycles. The Morgan fingerprint density at radius 3 is 2.90 bits per heavy atom. The fourth-order valence-corrected chi connectivity index (χ4v) is 2.71. The van der Waals surface area contributed by atoms with Gasteiger partial charge >= 0.3 is 0 Å². The van der Waals surface area contributed by atoms with E-state index in [1.165, 1.54) is 43.0 Å². The summed E-state index contributed by atoms with van der Waals surface area (Å²) in [7, 11) is 0. The van der Waals surface area contributed by atoms with E-state index < -0.39 is 0 Å². The van der Waals surface area contributed by atoms with Gasteiger partial charge in [0.25, 0.3) is 0 Å². The van der Waals surface area contributed by atoms with Gasteiger partial charge in [0.2, 0.25) is 5.91 Å². The summed E-state index contributed by atoms with van der Waals surface area (Å²) in [5.41, 5.74) is 0. The van der Waals surface area contributed by atoms with Crippen LogP contribution in [0.4, 0.5) is 5.82 Å². The molecule has 0 radical (unpaired) electrons. The van der Waals surface area contributed by atoms with E-state index in [1.807, 2.05) is 0 Å². The monoisotopic (exact) mass is 286 g/mol. The molecule has 1 N–H and O–H groups in total. The lowest BCUT2D eigenvalue weighted by Gasteiger charge is -2.09. The maximum Gasteiger partial charge on any atom is 0.225 e. The lowest BCUT2D eigenvalue weighted by Crippen LogP contribution is -2.14. The zero-order valence-electron chi connectivity index (χ0n) is 11.8. The molecule has 2 aromatic heterocycles. The van der Waals surface area contributed by atoms with Crippen LogP contribution in [0.2, 0.25) is 0 Å². The molecule has 0 saturated heterocycles. The maximum atomic E-state index is 12.0. The number of aromatic nitrogens is 5. The summed E-state index contributed by atoms with van der Waals surface area (Å²) in [6.07, 6.45) is 11.0. The number of rotatable bonds is 5. The summed E-state index contributed by atoms with van der Waals surface area (Å²) >= 11 is 0. The van der Waals surface area contributed by atoms with Gasteiger partial charge in [-0.25, -0.2) is 19.6 Å². The summed E-state index contributed by atoms with van der Waals surface area (Å²) in [5.74, 6) is 1.79. The third-order valence-electron chi connectivity index (χ3n) is 3.83. The first-order valence-corrected chi connectivity index (χ1v) is 7.28. The highest BCUT2D eigenvalue weighted by atomic mass is 16.1. The van der Waals surface area contributed by atoms with Crippen LogP contribution in [-0.2, 0) is 4.79 Å². The Balaban J connectivity index is 1.56. The lowest BCUT2D eigenvalue weighted by molar-refractivity contribution is -0.116. The lowest BCUT2D eigenvalue weighted by atomic mass is 10.0. The van der Waals surface area contributed by atoms with Crippen LogP contribution in [0.3, 0.4) is 0 Å².